The highest BCUT2D eigenvalue weighted by Gasteiger charge is 2.24. The average molecular weight is 271 g/mol. The topological polar surface area (TPSA) is 110 Å². The van der Waals surface area contributed by atoms with Crippen LogP contribution in [0, 0.1) is 6.92 Å². The lowest BCUT2D eigenvalue weighted by atomic mass is 10.1. The SMILES string of the molecule is Cc1cnc(NN)nc1NC1CCS(=O)(=O)CC1. The summed E-state index contributed by atoms with van der Waals surface area (Å²) in [6.07, 6.45) is 2.89. The van der Waals surface area contributed by atoms with E-state index in [1.54, 1.807) is 6.20 Å². The predicted molar refractivity (Wildman–Crippen MR) is 69.9 cm³/mol. The van der Waals surface area contributed by atoms with Gasteiger partial charge in [-0.05, 0) is 19.8 Å². The van der Waals surface area contributed by atoms with Crippen LogP contribution in [0.25, 0.3) is 0 Å². The first-order chi connectivity index (χ1) is 8.50. The molecule has 0 bridgehead atoms. The van der Waals surface area contributed by atoms with Crippen LogP contribution >= 0.6 is 0 Å². The molecule has 7 nitrogen and oxygen atoms in total. The Balaban J connectivity index is 2.06. The Labute approximate surface area is 106 Å². The maximum absolute atomic E-state index is 11.3. The summed E-state index contributed by atoms with van der Waals surface area (Å²) in [7, 11) is -2.84. The number of nitrogens with zero attached hydrogens (tertiary/aromatic N) is 2. The number of anilines is 2. The highest BCUT2D eigenvalue weighted by atomic mass is 32.2. The van der Waals surface area contributed by atoms with E-state index in [9.17, 15) is 8.42 Å². The zero-order valence-electron chi connectivity index (χ0n) is 10.2. The molecule has 1 saturated heterocycles. The summed E-state index contributed by atoms with van der Waals surface area (Å²) >= 11 is 0. The minimum atomic E-state index is -2.84. The Morgan fingerprint density at radius 3 is 2.67 bits per heavy atom. The molecule has 18 heavy (non-hydrogen) atoms. The molecule has 2 rings (SSSR count). The maximum atomic E-state index is 11.3. The number of nitrogen functional groups attached to an aromatic ring is 1. The summed E-state index contributed by atoms with van der Waals surface area (Å²) in [4.78, 5) is 8.20. The first kappa shape index (κ1) is 13.0. The number of sulfone groups is 1. The molecule has 1 aliphatic rings. The van der Waals surface area contributed by atoms with Crippen molar-refractivity contribution in [3.05, 3.63) is 11.8 Å². The van der Waals surface area contributed by atoms with E-state index in [1.807, 2.05) is 6.92 Å². The number of rotatable bonds is 3. The second-order valence-corrected chi connectivity index (χ2v) is 6.74. The van der Waals surface area contributed by atoms with Gasteiger partial charge in [0.15, 0.2) is 0 Å². The van der Waals surface area contributed by atoms with E-state index in [0.29, 0.717) is 24.6 Å². The molecule has 0 aromatic carbocycles. The lowest BCUT2D eigenvalue weighted by Gasteiger charge is -2.24. The quantitative estimate of drug-likeness (QED) is 0.526. The molecule has 0 atom stereocenters. The molecule has 100 valence electrons. The van der Waals surface area contributed by atoms with Crippen molar-refractivity contribution in [1.82, 2.24) is 9.97 Å². The Morgan fingerprint density at radius 1 is 1.39 bits per heavy atom. The number of hydrogen-bond acceptors (Lipinski definition) is 7. The summed E-state index contributed by atoms with van der Waals surface area (Å²) in [6.45, 7) is 1.89. The number of aryl methyl sites for hydroxylation is 1. The van der Waals surface area contributed by atoms with Crippen LogP contribution in [0.4, 0.5) is 11.8 Å². The van der Waals surface area contributed by atoms with Crippen molar-refractivity contribution in [3.63, 3.8) is 0 Å². The van der Waals surface area contributed by atoms with Crippen LogP contribution in [0.2, 0.25) is 0 Å². The van der Waals surface area contributed by atoms with Crippen LogP contribution in [-0.2, 0) is 9.84 Å². The molecule has 4 N–H and O–H groups in total. The van der Waals surface area contributed by atoms with E-state index in [0.717, 1.165) is 5.56 Å². The lowest BCUT2D eigenvalue weighted by Crippen LogP contribution is -2.32. The second kappa shape index (κ2) is 5.07. The molecular weight excluding hydrogens is 254 g/mol. The normalized spacial score (nSPS) is 19.4. The Bertz CT molecular complexity index is 517. The van der Waals surface area contributed by atoms with Gasteiger partial charge in [0, 0.05) is 17.8 Å². The summed E-state index contributed by atoms with van der Waals surface area (Å²) in [6, 6.07) is 0.132. The molecule has 0 amide bonds. The summed E-state index contributed by atoms with van der Waals surface area (Å²) < 4.78 is 22.7. The Morgan fingerprint density at radius 2 is 2.06 bits per heavy atom. The standard InChI is InChI=1S/C10H17N5O2S/c1-7-6-12-10(15-11)14-9(7)13-8-2-4-18(16,17)5-3-8/h6,8H,2-5,11H2,1H3,(H2,12,13,14,15). The van der Waals surface area contributed by atoms with E-state index >= 15 is 0 Å². The number of nitrogens with one attached hydrogen (secondary N) is 2. The van der Waals surface area contributed by atoms with Gasteiger partial charge in [0.05, 0.1) is 11.5 Å². The highest BCUT2D eigenvalue weighted by Crippen LogP contribution is 2.19. The van der Waals surface area contributed by atoms with Crippen LogP contribution in [0.15, 0.2) is 6.20 Å². The third-order valence-corrected chi connectivity index (χ3v) is 4.71. The minimum absolute atomic E-state index is 0.132. The van der Waals surface area contributed by atoms with E-state index in [-0.39, 0.29) is 17.5 Å². The third-order valence-electron chi connectivity index (χ3n) is 3.00. The first-order valence-electron chi connectivity index (χ1n) is 5.77. The fourth-order valence-corrected chi connectivity index (χ4v) is 3.38. The average Bonchev–Trinajstić information content (AvgIpc) is 2.34. The first-order valence-corrected chi connectivity index (χ1v) is 7.59. The number of hydrazine groups is 1. The van der Waals surface area contributed by atoms with Crippen LogP contribution < -0.4 is 16.6 Å². The van der Waals surface area contributed by atoms with Gasteiger partial charge in [0.2, 0.25) is 5.95 Å². The molecule has 1 aliphatic heterocycles. The molecule has 1 aromatic rings. The lowest BCUT2D eigenvalue weighted by molar-refractivity contribution is 0.559. The van der Waals surface area contributed by atoms with Gasteiger partial charge in [0.1, 0.15) is 15.7 Å². The van der Waals surface area contributed by atoms with E-state index < -0.39 is 9.84 Å². The minimum Gasteiger partial charge on any atom is -0.367 e. The maximum Gasteiger partial charge on any atom is 0.239 e. The zero-order chi connectivity index (χ0) is 13.2. The summed E-state index contributed by atoms with van der Waals surface area (Å²) in [5.74, 6) is 6.76. The molecule has 0 aliphatic carbocycles. The molecule has 0 saturated carbocycles. The van der Waals surface area contributed by atoms with Crippen LogP contribution in [-0.4, -0.2) is 35.9 Å². The molecule has 0 spiro atoms. The van der Waals surface area contributed by atoms with Crippen LogP contribution in [0.3, 0.4) is 0 Å². The van der Waals surface area contributed by atoms with Gasteiger partial charge in [-0.2, -0.15) is 4.98 Å². The smallest absolute Gasteiger partial charge is 0.239 e. The molecule has 8 heteroatoms. The number of hydrogen-bond donors (Lipinski definition) is 3. The van der Waals surface area contributed by atoms with Crippen molar-refractivity contribution in [3.8, 4) is 0 Å². The number of aromatic nitrogens is 2. The van der Waals surface area contributed by atoms with E-state index in [1.165, 1.54) is 0 Å². The molecule has 0 unspecified atom stereocenters. The largest absolute Gasteiger partial charge is 0.367 e. The molecule has 1 aromatic heterocycles. The Kier molecular flexibility index (Phi) is 3.67. The van der Waals surface area contributed by atoms with Gasteiger partial charge in [-0.15, -0.1) is 0 Å². The van der Waals surface area contributed by atoms with Crippen molar-refractivity contribution >= 4 is 21.6 Å². The van der Waals surface area contributed by atoms with E-state index in [4.69, 9.17) is 5.84 Å². The monoisotopic (exact) mass is 271 g/mol. The van der Waals surface area contributed by atoms with Crippen molar-refractivity contribution < 1.29 is 8.42 Å². The van der Waals surface area contributed by atoms with Crippen molar-refractivity contribution in [2.24, 2.45) is 5.84 Å². The fourth-order valence-electron chi connectivity index (χ4n) is 1.89. The van der Waals surface area contributed by atoms with Gasteiger partial charge < -0.3 is 5.32 Å². The van der Waals surface area contributed by atoms with Gasteiger partial charge in [-0.3, -0.25) is 5.43 Å². The molecule has 1 fully saturated rings. The van der Waals surface area contributed by atoms with Gasteiger partial charge in [-0.25, -0.2) is 19.2 Å². The second-order valence-electron chi connectivity index (χ2n) is 4.44. The van der Waals surface area contributed by atoms with E-state index in [2.05, 4.69) is 20.7 Å². The molecule has 2 heterocycles. The van der Waals surface area contributed by atoms with Crippen LogP contribution in [0.1, 0.15) is 18.4 Å². The van der Waals surface area contributed by atoms with Crippen molar-refractivity contribution in [2.75, 3.05) is 22.2 Å². The molecule has 0 radical (unpaired) electrons. The van der Waals surface area contributed by atoms with Crippen molar-refractivity contribution in [1.29, 1.82) is 0 Å². The summed E-state index contributed by atoms with van der Waals surface area (Å²) in [5.41, 5.74) is 3.29. The van der Waals surface area contributed by atoms with Gasteiger partial charge in [-0.1, -0.05) is 0 Å². The zero-order valence-corrected chi connectivity index (χ0v) is 11.0. The third kappa shape index (κ3) is 3.08. The predicted octanol–water partition coefficient (Wildman–Crippen LogP) is 0.0597. The van der Waals surface area contributed by atoms with Gasteiger partial charge in [0.25, 0.3) is 0 Å². The summed E-state index contributed by atoms with van der Waals surface area (Å²) in [5, 5.41) is 3.25. The Hall–Kier alpha value is -1.41. The fraction of sp³-hybridized carbons (Fsp3) is 0.600. The van der Waals surface area contributed by atoms with Crippen LogP contribution in [0.5, 0.6) is 0 Å². The van der Waals surface area contributed by atoms with Crippen molar-refractivity contribution in [2.45, 2.75) is 25.8 Å². The van der Waals surface area contributed by atoms with Gasteiger partial charge >= 0.3 is 0 Å². The number of nitrogens with two attached hydrogens (primary N) is 1. The highest BCUT2D eigenvalue weighted by molar-refractivity contribution is 7.91. The molecular formula is C10H17N5O2S.